The summed E-state index contributed by atoms with van der Waals surface area (Å²) in [6.45, 7) is 4.51. The van der Waals surface area contributed by atoms with Gasteiger partial charge in [-0.1, -0.05) is 13.3 Å². The van der Waals surface area contributed by atoms with Crippen molar-refractivity contribution in [3.63, 3.8) is 0 Å². The van der Waals surface area contributed by atoms with E-state index in [-0.39, 0.29) is 24.4 Å². The van der Waals surface area contributed by atoms with Gasteiger partial charge in [-0.25, -0.2) is 0 Å². The highest BCUT2D eigenvalue weighted by Crippen LogP contribution is 2.34. The van der Waals surface area contributed by atoms with Crippen LogP contribution in [-0.4, -0.2) is 24.3 Å². The SMILES string of the molecule is CCOC(=O)C1CC(C)CCC1CO. The van der Waals surface area contributed by atoms with Crippen LogP contribution in [0.3, 0.4) is 0 Å². The first-order valence-corrected chi connectivity index (χ1v) is 5.46. The monoisotopic (exact) mass is 200 g/mol. The number of aliphatic hydroxyl groups excluding tert-OH is 1. The number of hydrogen-bond acceptors (Lipinski definition) is 3. The lowest BCUT2D eigenvalue weighted by molar-refractivity contribution is -0.152. The third-order valence-corrected chi connectivity index (χ3v) is 3.08. The van der Waals surface area contributed by atoms with Crippen LogP contribution in [0.25, 0.3) is 0 Å². The minimum absolute atomic E-state index is 0.0799. The molecule has 0 saturated heterocycles. The average Bonchev–Trinajstić information content (AvgIpc) is 2.18. The molecular weight excluding hydrogens is 180 g/mol. The molecule has 0 aromatic carbocycles. The Morgan fingerprint density at radius 2 is 2.21 bits per heavy atom. The van der Waals surface area contributed by atoms with Gasteiger partial charge < -0.3 is 9.84 Å². The molecule has 14 heavy (non-hydrogen) atoms. The van der Waals surface area contributed by atoms with Crippen LogP contribution < -0.4 is 0 Å². The van der Waals surface area contributed by atoms with Gasteiger partial charge in [0.15, 0.2) is 0 Å². The summed E-state index contributed by atoms with van der Waals surface area (Å²) in [6, 6.07) is 0. The molecule has 1 saturated carbocycles. The lowest BCUT2D eigenvalue weighted by Crippen LogP contribution is -2.33. The lowest BCUT2D eigenvalue weighted by Gasteiger charge is -2.31. The van der Waals surface area contributed by atoms with E-state index in [1.54, 1.807) is 0 Å². The number of ether oxygens (including phenoxy) is 1. The second kappa shape index (κ2) is 5.35. The second-order valence-corrected chi connectivity index (χ2v) is 4.22. The fraction of sp³-hybridized carbons (Fsp3) is 0.909. The summed E-state index contributed by atoms with van der Waals surface area (Å²) in [5, 5.41) is 9.16. The summed E-state index contributed by atoms with van der Waals surface area (Å²) in [6.07, 6.45) is 2.92. The van der Waals surface area contributed by atoms with Crippen molar-refractivity contribution in [1.82, 2.24) is 0 Å². The fourth-order valence-electron chi connectivity index (χ4n) is 2.20. The minimum atomic E-state index is -0.127. The van der Waals surface area contributed by atoms with E-state index in [1.165, 1.54) is 0 Å². The molecule has 1 fully saturated rings. The van der Waals surface area contributed by atoms with Gasteiger partial charge in [0.2, 0.25) is 0 Å². The Morgan fingerprint density at radius 1 is 1.50 bits per heavy atom. The second-order valence-electron chi connectivity index (χ2n) is 4.22. The van der Waals surface area contributed by atoms with Crippen molar-refractivity contribution in [1.29, 1.82) is 0 Å². The predicted octanol–water partition coefficient (Wildman–Crippen LogP) is 1.59. The molecule has 0 heterocycles. The van der Waals surface area contributed by atoms with Crippen molar-refractivity contribution >= 4 is 5.97 Å². The number of rotatable bonds is 3. The van der Waals surface area contributed by atoms with E-state index in [0.29, 0.717) is 12.5 Å². The zero-order valence-corrected chi connectivity index (χ0v) is 9.03. The highest BCUT2D eigenvalue weighted by molar-refractivity contribution is 5.72. The van der Waals surface area contributed by atoms with Gasteiger partial charge in [0.1, 0.15) is 0 Å². The lowest BCUT2D eigenvalue weighted by atomic mass is 9.75. The van der Waals surface area contributed by atoms with Crippen molar-refractivity contribution in [3.8, 4) is 0 Å². The van der Waals surface area contributed by atoms with Gasteiger partial charge >= 0.3 is 5.97 Å². The smallest absolute Gasteiger partial charge is 0.309 e. The fourth-order valence-corrected chi connectivity index (χ4v) is 2.20. The van der Waals surface area contributed by atoms with Crippen LogP contribution in [0.5, 0.6) is 0 Å². The van der Waals surface area contributed by atoms with Crippen LogP contribution in [0.15, 0.2) is 0 Å². The molecule has 1 rings (SSSR count). The average molecular weight is 200 g/mol. The summed E-state index contributed by atoms with van der Waals surface area (Å²) in [7, 11) is 0. The molecule has 0 aliphatic heterocycles. The molecule has 1 aliphatic rings. The van der Waals surface area contributed by atoms with E-state index in [2.05, 4.69) is 6.92 Å². The molecule has 3 unspecified atom stereocenters. The van der Waals surface area contributed by atoms with Crippen molar-refractivity contribution in [2.24, 2.45) is 17.8 Å². The van der Waals surface area contributed by atoms with E-state index in [1.807, 2.05) is 6.92 Å². The first-order chi connectivity index (χ1) is 6.69. The van der Waals surface area contributed by atoms with Crippen molar-refractivity contribution in [2.45, 2.75) is 33.1 Å². The van der Waals surface area contributed by atoms with E-state index in [4.69, 9.17) is 9.84 Å². The van der Waals surface area contributed by atoms with Gasteiger partial charge in [0, 0.05) is 6.61 Å². The maximum atomic E-state index is 11.6. The van der Waals surface area contributed by atoms with Crippen LogP contribution in [-0.2, 0) is 9.53 Å². The molecule has 82 valence electrons. The minimum Gasteiger partial charge on any atom is -0.466 e. The van der Waals surface area contributed by atoms with Crippen LogP contribution in [0.4, 0.5) is 0 Å². The molecule has 3 nitrogen and oxygen atoms in total. The Kier molecular flexibility index (Phi) is 4.39. The quantitative estimate of drug-likeness (QED) is 0.704. The van der Waals surface area contributed by atoms with Gasteiger partial charge in [-0.15, -0.1) is 0 Å². The van der Waals surface area contributed by atoms with Crippen molar-refractivity contribution in [3.05, 3.63) is 0 Å². The van der Waals surface area contributed by atoms with Gasteiger partial charge in [-0.2, -0.15) is 0 Å². The Hall–Kier alpha value is -0.570. The number of aliphatic hydroxyl groups is 1. The Balaban J connectivity index is 2.56. The standard InChI is InChI=1S/C11H20O3/c1-3-14-11(13)10-6-8(2)4-5-9(10)7-12/h8-10,12H,3-7H2,1-2H3. The molecule has 0 radical (unpaired) electrons. The zero-order chi connectivity index (χ0) is 10.6. The summed E-state index contributed by atoms with van der Waals surface area (Å²) in [5.74, 6) is 0.485. The van der Waals surface area contributed by atoms with Gasteiger partial charge in [0.05, 0.1) is 12.5 Å². The maximum absolute atomic E-state index is 11.6. The normalized spacial score (nSPS) is 32.6. The van der Waals surface area contributed by atoms with Crippen LogP contribution in [0.1, 0.15) is 33.1 Å². The third-order valence-electron chi connectivity index (χ3n) is 3.08. The Labute approximate surface area is 85.5 Å². The van der Waals surface area contributed by atoms with Crippen molar-refractivity contribution in [2.75, 3.05) is 13.2 Å². The summed E-state index contributed by atoms with van der Waals surface area (Å²) in [4.78, 5) is 11.6. The molecule has 0 bridgehead atoms. The highest BCUT2D eigenvalue weighted by atomic mass is 16.5. The third kappa shape index (κ3) is 2.71. The number of esters is 1. The Morgan fingerprint density at radius 3 is 2.79 bits per heavy atom. The van der Waals surface area contributed by atoms with Gasteiger partial charge in [-0.05, 0) is 31.6 Å². The highest BCUT2D eigenvalue weighted by Gasteiger charge is 2.34. The topological polar surface area (TPSA) is 46.5 Å². The first kappa shape index (κ1) is 11.5. The molecule has 3 heteroatoms. The molecule has 0 aromatic heterocycles. The first-order valence-electron chi connectivity index (χ1n) is 5.46. The van der Waals surface area contributed by atoms with E-state index >= 15 is 0 Å². The van der Waals surface area contributed by atoms with Crippen LogP contribution in [0, 0.1) is 17.8 Å². The van der Waals surface area contributed by atoms with E-state index < -0.39 is 0 Å². The predicted molar refractivity (Wildman–Crippen MR) is 53.7 cm³/mol. The van der Waals surface area contributed by atoms with Gasteiger partial charge in [-0.3, -0.25) is 4.79 Å². The van der Waals surface area contributed by atoms with Crippen LogP contribution >= 0.6 is 0 Å². The Bertz CT molecular complexity index is 191. The molecule has 0 spiro atoms. The van der Waals surface area contributed by atoms with E-state index in [0.717, 1.165) is 19.3 Å². The summed E-state index contributed by atoms with van der Waals surface area (Å²) < 4.78 is 5.01. The number of carbonyl (C=O) groups excluding carboxylic acids is 1. The molecular formula is C11H20O3. The van der Waals surface area contributed by atoms with Crippen molar-refractivity contribution < 1.29 is 14.6 Å². The molecule has 0 amide bonds. The maximum Gasteiger partial charge on any atom is 0.309 e. The van der Waals surface area contributed by atoms with Gasteiger partial charge in [0.25, 0.3) is 0 Å². The van der Waals surface area contributed by atoms with Crippen LogP contribution in [0.2, 0.25) is 0 Å². The zero-order valence-electron chi connectivity index (χ0n) is 9.03. The number of hydrogen-bond donors (Lipinski definition) is 1. The molecule has 1 aliphatic carbocycles. The molecule has 3 atom stereocenters. The van der Waals surface area contributed by atoms with E-state index in [9.17, 15) is 4.79 Å². The summed E-state index contributed by atoms with van der Waals surface area (Å²) >= 11 is 0. The number of carbonyl (C=O) groups is 1. The summed E-state index contributed by atoms with van der Waals surface area (Å²) in [5.41, 5.74) is 0. The largest absolute Gasteiger partial charge is 0.466 e. The molecule has 0 aromatic rings. The molecule has 1 N–H and O–H groups in total.